The summed E-state index contributed by atoms with van der Waals surface area (Å²) >= 11 is 2.47. The van der Waals surface area contributed by atoms with Crippen LogP contribution in [0.25, 0.3) is 0 Å². The Morgan fingerprint density at radius 2 is 1.64 bits per heavy atom. The zero-order valence-corrected chi connectivity index (χ0v) is 14.0. The van der Waals surface area contributed by atoms with E-state index in [2.05, 4.69) is 44.9 Å². The topological polar surface area (TPSA) is 110 Å². The number of carbonyl (C=O) groups is 2. The first-order valence-electron chi connectivity index (χ1n) is 6.75. The molecule has 0 saturated heterocycles. The summed E-state index contributed by atoms with van der Waals surface area (Å²) < 4.78 is 0. The Morgan fingerprint density at radius 3 is 2.18 bits per heavy atom. The Kier molecular flexibility index (Phi) is 5.50. The summed E-state index contributed by atoms with van der Waals surface area (Å²) in [6.45, 7) is 5.91. The molecule has 0 spiro atoms. The second kappa shape index (κ2) is 7.36. The Morgan fingerprint density at radius 1 is 1.05 bits per heavy atom. The Labute approximate surface area is 135 Å². The third kappa shape index (κ3) is 4.28. The number of anilines is 2. The number of aryl methyl sites for hydroxylation is 1. The van der Waals surface area contributed by atoms with Crippen LogP contribution in [0.4, 0.5) is 10.3 Å². The highest BCUT2D eigenvalue weighted by Crippen LogP contribution is 2.26. The molecule has 118 valence electrons. The maximum Gasteiger partial charge on any atom is 0.315 e. The van der Waals surface area contributed by atoms with Crippen LogP contribution in [0.2, 0.25) is 0 Å². The molecule has 8 nitrogen and oxygen atoms in total. The predicted octanol–water partition coefficient (Wildman–Crippen LogP) is 2.18. The Bertz CT molecular complexity index is 668. The van der Waals surface area contributed by atoms with E-state index < -0.39 is 11.8 Å². The van der Waals surface area contributed by atoms with Crippen LogP contribution in [0.3, 0.4) is 0 Å². The minimum absolute atomic E-state index is 0.284. The highest BCUT2D eigenvalue weighted by Gasteiger charge is 2.19. The minimum atomic E-state index is -0.811. The predicted molar refractivity (Wildman–Crippen MR) is 85.1 cm³/mol. The van der Waals surface area contributed by atoms with E-state index in [-0.39, 0.29) is 11.0 Å². The fraction of sp³-hybridized carbons (Fsp3) is 0.500. The molecule has 1 atom stereocenters. The molecular weight excluding hydrogens is 324 g/mol. The van der Waals surface area contributed by atoms with Crippen molar-refractivity contribution in [3.63, 3.8) is 0 Å². The van der Waals surface area contributed by atoms with Gasteiger partial charge in [-0.05, 0) is 13.3 Å². The van der Waals surface area contributed by atoms with Crippen LogP contribution in [0.15, 0.2) is 0 Å². The van der Waals surface area contributed by atoms with Crippen LogP contribution >= 0.6 is 22.7 Å². The molecule has 0 aromatic carbocycles. The third-order valence-electron chi connectivity index (χ3n) is 2.76. The lowest BCUT2D eigenvalue weighted by Gasteiger charge is -2.03. The van der Waals surface area contributed by atoms with Crippen molar-refractivity contribution < 1.29 is 9.59 Å². The fourth-order valence-electron chi connectivity index (χ4n) is 1.70. The normalized spacial score (nSPS) is 12.0. The van der Waals surface area contributed by atoms with Gasteiger partial charge in [0.1, 0.15) is 10.0 Å². The molecule has 0 saturated carbocycles. The van der Waals surface area contributed by atoms with Gasteiger partial charge in [0.15, 0.2) is 0 Å². The van der Waals surface area contributed by atoms with Gasteiger partial charge in [-0.3, -0.25) is 20.2 Å². The van der Waals surface area contributed by atoms with Gasteiger partial charge in [-0.15, -0.1) is 20.4 Å². The van der Waals surface area contributed by atoms with Crippen LogP contribution in [-0.2, 0) is 9.59 Å². The Hall–Kier alpha value is -1.94. The average Bonchev–Trinajstić information content (AvgIpc) is 3.08. The van der Waals surface area contributed by atoms with Gasteiger partial charge in [-0.2, -0.15) is 0 Å². The van der Waals surface area contributed by atoms with E-state index in [0.717, 1.165) is 17.8 Å². The molecule has 2 rings (SSSR count). The second-order valence-corrected chi connectivity index (χ2v) is 6.86. The van der Waals surface area contributed by atoms with E-state index in [0.29, 0.717) is 10.1 Å². The van der Waals surface area contributed by atoms with Gasteiger partial charge < -0.3 is 0 Å². The van der Waals surface area contributed by atoms with E-state index in [1.807, 2.05) is 0 Å². The molecule has 2 aromatic rings. The van der Waals surface area contributed by atoms with Crippen molar-refractivity contribution in [1.82, 2.24) is 20.4 Å². The highest BCUT2D eigenvalue weighted by atomic mass is 32.1. The maximum atomic E-state index is 11.8. The molecule has 0 radical (unpaired) electrons. The Balaban J connectivity index is 1.92. The van der Waals surface area contributed by atoms with Gasteiger partial charge in [-0.1, -0.05) is 42.9 Å². The van der Waals surface area contributed by atoms with Crippen molar-refractivity contribution in [3.05, 3.63) is 10.0 Å². The van der Waals surface area contributed by atoms with Gasteiger partial charge in [0, 0.05) is 5.92 Å². The van der Waals surface area contributed by atoms with Crippen molar-refractivity contribution in [3.8, 4) is 0 Å². The number of nitrogens with zero attached hydrogens (tertiary/aromatic N) is 4. The smallest absolute Gasteiger partial charge is 0.292 e. The van der Waals surface area contributed by atoms with E-state index in [1.165, 1.54) is 22.7 Å². The van der Waals surface area contributed by atoms with Crippen LogP contribution in [0, 0.1) is 6.92 Å². The first-order valence-corrected chi connectivity index (χ1v) is 8.38. The van der Waals surface area contributed by atoms with Gasteiger partial charge in [0.2, 0.25) is 10.3 Å². The zero-order chi connectivity index (χ0) is 16.1. The molecular formula is C12H16N6O2S2. The molecule has 0 aliphatic carbocycles. The van der Waals surface area contributed by atoms with Crippen LogP contribution < -0.4 is 10.6 Å². The summed E-state index contributed by atoms with van der Waals surface area (Å²) in [7, 11) is 0. The first-order chi connectivity index (χ1) is 10.5. The second-order valence-electron chi connectivity index (χ2n) is 4.67. The number of aromatic nitrogens is 4. The summed E-state index contributed by atoms with van der Waals surface area (Å²) in [5, 5.41) is 22.4. The van der Waals surface area contributed by atoms with E-state index in [9.17, 15) is 9.59 Å². The van der Waals surface area contributed by atoms with E-state index >= 15 is 0 Å². The molecule has 2 aromatic heterocycles. The summed E-state index contributed by atoms with van der Waals surface area (Å²) in [4.78, 5) is 23.5. The number of carbonyl (C=O) groups excluding carboxylic acids is 2. The molecule has 0 aliphatic rings. The standard InChI is InChI=1S/C12H16N6O2S2/c1-4-5-6(2)10-16-18-12(22-10)14-9(20)8(19)13-11-17-15-7(3)21-11/h6H,4-5H2,1-3H3,(H,13,17,19)(H,14,18,20)/t6-/m0/s1. The summed E-state index contributed by atoms with van der Waals surface area (Å²) in [6, 6.07) is 0. The van der Waals surface area contributed by atoms with Crippen molar-refractivity contribution in [2.24, 2.45) is 0 Å². The van der Waals surface area contributed by atoms with Gasteiger partial charge in [0.25, 0.3) is 0 Å². The molecule has 10 heteroatoms. The number of amides is 2. The van der Waals surface area contributed by atoms with Crippen LogP contribution in [-0.4, -0.2) is 32.2 Å². The molecule has 0 unspecified atom stereocenters. The fourth-order valence-corrected chi connectivity index (χ4v) is 3.11. The number of hydrogen-bond donors (Lipinski definition) is 2. The molecule has 0 bridgehead atoms. The van der Waals surface area contributed by atoms with Gasteiger partial charge in [-0.25, -0.2) is 0 Å². The third-order valence-corrected chi connectivity index (χ3v) is 4.58. The lowest BCUT2D eigenvalue weighted by molar-refractivity contribution is -0.133. The van der Waals surface area contributed by atoms with Crippen LogP contribution in [0.5, 0.6) is 0 Å². The minimum Gasteiger partial charge on any atom is -0.292 e. The SMILES string of the molecule is CCC[C@H](C)c1nnc(NC(=O)C(=O)Nc2nnc(C)s2)s1. The maximum absolute atomic E-state index is 11.8. The monoisotopic (exact) mass is 340 g/mol. The van der Waals surface area contributed by atoms with Crippen molar-refractivity contribution in [2.45, 2.75) is 39.5 Å². The molecule has 0 aliphatic heterocycles. The van der Waals surface area contributed by atoms with Crippen molar-refractivity contribution in [1.29, 1.82) is 0 Å². The summed E-state index contributed by atoms with van der Waals surface area (Å²) in [6.07, 6.45) is 2.05. The van der Waals surface area contributed by atoms with Crippen molar-refractivity contribution >= 4 is 44.8 Å². The van der Waals surface area contributed by atoms with Crippen LogP contribution in [0.1, 0.15) is 42.6 Å². The molecule has 2 N–H and O–H groups in total. The largest absolute Gasteiger partial charge is 0.315 e. The average molecular weight is 340 g/mol. The summed E-state index contributed by atoms with van der Waals surface area (Å²) in [5.74, 6) is -1.33. The number of rotatable bonds is 5. The first kappa shape index (κ1) is 16.4. The lowest BCUT2D eigenvalue weighted by Crippen LogP contribution is -2.29. The molecule has 2 amide bonds. The van der Waals surface area contributed by atoms with Crippen molar-refractivity contribution in [2.75, 3.05) is 10.6 Å². The molecule has 0 fully saturated rings. The summed E-state index contributed by atoms with van der Waals surface area (Å²) in [5.41, 5.74) is 0. The van der Waals surface area contributed by atoms with E-state index in [1.54, 1.807) is 6.92 Å². The highest BCUT2D eigenvalue weighted by molar-refractivity contribution is 7.16. The van der Waals surface area contributed by atoms with Gasteiger partial charge >= 0.3 is 11.8 Å². The number of hydrogen-bond acceptors (Lipinski definition) is 8. The van der Waals surface area contributed by atoms with E-state index in [4.69, 9.17) is 0 Å². The number of nitrogens with one attached hydrogen (secondary N) is 2. The molecule has 2 heterocycles. The lowest BCUT2D eigenvalue weighted by atomic mass is 10.1. The quantitative estimate of drug-likeness (QED) is 0.807. The van der Waals surface area contributed by atoms with Gasteiger partial charge in [0.05, 0.1) is 0 Å². The zero-order valence-electron chi connectivity index (χ0n) is 12.4. The molecule has 22 heavy (non-hydrogen) atoms.